The minimum absolute atomic E-state index is 0.0334. The van der Waals surface area contributed by atoms with Gasteiger partial charge >= 0.3 is 7.12 Å². The van der Waals surface area contributed by atoms with Crippen molar-refractivity contribution in [2.24, 2.45) is 5.73 Å². The highest BCUT2D eigenvalue weighted by molar-refractivity contribution is 6.62. The maximum atomic E-state index is 11.5. The second kappa shape index (κ2) is 7.22. The fourth-order valence-corrected chi connectivity index (χ4v) is 2.70. The van der Waals surface area contributed by atoms with Crippen molar-refractivity contribution in [1.29, 1.82) is 5.26 Å². The molecule has 0 bridgehead atoms. The number of aromatic nitrogens is 2. The van der Waals surface area contributed by atoms with Crippen molar-refractivity contribution >= 4 is 24.3 Å². The molecule has 0 aliphatic carbocycles. The Morgan fingerprint density at radius 3 is 2.36 bits per heavy atom. The zero-order chi connectivity index (χ0) is 20.5. The fraction of sp³-hybridized carbons (Fsp3) is 0.368. The Hall–Kier alpha value is -2.96. The van der Waals surface area contributed by atoms with Gasteiger partial charge in [0.05, 0.1) is 17.4 Å². The number of hydrogen-bond acceptors (Lipinski definition) is 7. The van der Waals surface area contributed by atoms with E-state index in [2.05, 4.69) is 15.3 Å². The number of rotatable bonds is 5. The van der Waals surface area contributed by atoms with E-state index in [0.717, 1.165) is 11.0 Å². The molecule has 144 valence electrons. The topological polar surface area (TPSA) is 123 Å². The van der Waals surface area contributed by atoms with Crippen LogP contribution in [0.1, 0.15) is 49.4 Å². The number of hydrogen-bond donors (Lipinski definition) is 2. The third-order valence-corrected chi connectivity index (χ3v) is 5.09. The van der Waals surface area contributed by atoms with Crippen LogP contribution in [0.4, 0.5) is 5.82 Å². The van der Waals surface area contributed by atoms with Gasteiger partial charge in [0.25, 0.3) is 5.91 Å². The highest BCUT2D eigenvalue weighted by Crippen LogP contribution is 2.36. The van der Waals surface area contributed by atoms with Crippen LogP contribution in [0, 0.1) is 11.3 Å². The summed E-state index contributed by atoms with van der Waals surface area (Å²) in [6.07, 6.45) is 1.29. The molecule has 1 aromatic heterocycles. The summed E-state index contributed by atoms with van der Waals surface area (Å²) in [6, 6.07) is 9.60. The van der Waals surface area contributed by atoms with E-state index in [9.17, 15) is 4.79 Å². The first-order valence-electron chi connectivity index (χ1n) is 8.88. The molecule has 1 aromatic carbocycles. The lowest BCUT2D eigenvalue weighted by Gasteiger charge is -2.32. The van der Waals surface area contributed by atoms with Gasteiger partial charge in [0.2, 0.25) is 0 Å². The molecular formula is C19H22BN5O3. The van der Waals surface area contributed by atoms with Crippen LogP contribution in [-0.2, 0) is 15.9 Å². The number of amides is 1. The number of nitrogens with one attached hydrogen (secondary N) is 1. The maximum Gasteiger partial charge on any atom is 0.494 e. The number of anilines is 1. The highest BCUT2D eigenvalue weighted by atomic mass is 16.7. The minimum atomic E-state index is -0.747. The summed E-state index contributed by atoms with van der Waals surface area (Å²) in [5.41, 5.74) is 6.40. The molecule has 1 fully saturated rings. The van der Waals surface area contributed by atoms with Crippen molar-refractivity contribution in [2.75, 3.05) is 5.32 Å². The highest BCUT2D eigenvalue weighted by Gasteiger charge is 2.51. The van der Waals surface area contributed by atoms with Crippen molar-refractivity contribution in [2.45, 2.75) is 45.4 Å². The number of nitriles is 1. The monoisotopic (exact) mass is 379 g/mol. The zero-order valence-electron chi connectivity index (χ0n) is 16.3. The fourth-order valence-electron chi connectivity index (χ4n) is 2.70. The van der Waals surface area contributed by atoms with Gasteiger partial charge in [0.1, 0.15) is 6.07 Å². The predicted molar refractivity (Wildman–Crippen MR) is 105 cm³/mol. The molecule has 1 saturated heterocycles. The first-order valence-corrected chi connectivity index (χ1v) is 8.88. The van der Waals surface area contributed by atoms with E-state index in [-0.39, 0.29) is 17.2 Å². The quantitative estimate of drug-likeness (QED) is 0.752. The summed E-state index contributed by atoms with van der Waals surface area (Å²) in [5, 5.41) is 11.9. The smallest absolute Gasteiger partial charge is 0.399 e. The molecular weight excluding hydrogens is 357 g/mol. The van der Waals surface area contributed by atoms with E-state index in [4.69, 9.17) is 20.3 Å². The van der Waals surface area contributed by atoms with E-state index < -0.39 is 24.2 Å². The molecule has 1 aliphatic heterocycles. The van der Waals surface area contributed by atoms with Crippen LogP contribution >= 0.6 is 0 Å². The average molecular weight is 379 g/mol. The minimum Gasteiger partial charge on any atom is -0.399 e. The van der Waals surface area contributed by atoms with Crippen LogP contribution in [0.2, 0.25) is 0 Å². The summed E-state index contributed by atoms with van der Waals surface area (Å²) in [4.78, 5) is 19.5. The Bertz CT molecular complexity index is 922. The molecule has 2 aromatic rings. The lowest BCUT2D eigenvalue weighted by atomic mass is 9.79. The van der Waals surface area contributed by atoms with Gasteiger partial charge in [0, 0.05) is 6.54 Å². The Balaban J connectivity index is 1.70. The molecule has 28 heavy (non-hydrogen) atoms. The van der Waals surface area contributed by atoms with Gasteiger partial charge < -0.3 is 20.4 Å². The van der Waals surface area contributed by atoms with Gasteiger partial charge in [-0.3, -0.25) is 4.79 Å². The molecule has 1 amide bonds. The molecule has 2 heterocycles. The van der Waals surface area contributed by atoms with Crippen LogP contribution in [0.15, 0.2) is 30.5 Å². The van der Waals surface area contributed by atoms with E-state index in [1.165, 1.54) is 6.20 Å². The van der Waals surface area contributed by atoms with E-state index in [1.54, 1.807) is 0 Å². The summed E-state index contributed by atoms with van der Waals surface area (Å²) in [5.74, 6) is -0.509. The summed E-state index contributed by atoms with van der Waals surface area (Å²) in [6.45, 7) is 8.46. The van der Waals surface area contributed by atoms with Gasteiger partial charge in [0.15, 0.2) is 17.2 Å². The Morgan fingerprint density at radius 1 is 1.21 bits per heavy atom. The lowest BCUT2D eigenvalue weighted by Crippen LogP contribution is -2.41. The van der Waals surface area contributed by atoms with Crippen LogP contribution < -0.4 is 16.5 Å². The molecule has 0 atom stereocenters. The molecule has 3 rings (SSSR count). The second-order valence-electron chi connectivity index (χ2n) is 7.61. The van der Waals surface area contributed by atoms with Gasteiger partial charge in [-0.1, -0.05) is 24.3 Å². The van der Waals surface area contributed by atoms with Crippen molar-refractivity contribution in [1.82, 2.24) is 9.97 Å². The zero-order valence-corrected chi connectivity index (χ0v) is 16.3. The van der Waals surface area contributed by atoms with E-state index in [1.807, 2.05) is 58.0 Å². The van der Waals surface area contributed by atoms with Crippen molar-refractivity contribution in [3.8, 4) is 6.07 Å². The van der Waals surface area contributed by atoms with Crippen molar-refractivity contribution < 1.29 is 14.1 Å². The SMILES string of the molecule is CC1(C)OB(c2ccc(CNc3ncc(C#N)nc3C(N)=O)cc2)OC1(C)C. The molecule has 0 saturated carbocycles. The van der Waals surface area contributed by atoms with Crippen LogP contribution in [0.3, 0.4) is 0 Å². The molecule has 0 spiro atoms. The normalized spacial score (nSPS) is 17.2. The molecule has 1 aliphatic rings. The van der Waals surface area contributed by atoms with Gasteiger partial charge in [-0.2, -0.15) is 5.26 Å². The number of primary amides is 1. The Kier molecular flexibility index (Phi) is 5.11. The number of carbonyl (C=O) groups excluding carboxylic acids is 1. The van der Waals surface area contributed by atoms with Crippen LogP contribution in [0.5, 0.6) is 0 Å². The largest absolute Gasteiger partial charge is 0.494 e. The standard InChI is InChI=1S/C19H22BN5O3/c1-18(2)19(3,4)28-20(27-18)13-7-5-12(6-8-13)10-23-17-15(16(22)26)25-14(9-21)11-24-17/h5-8,11H,10H2,1-4H3,(H2,22,26)(H,23,24). The third kappa shape index (κ3) is 3.83. The van der Waals surface area contributed by atoms with Gasteiger partial charge in [-0.15, -0.1) is 0 Å². The average Bonchev–Trinajstić information content (AvgIpc) is 2.87. The van der Waals surface area contributed by atoms with Gasteiger partial charge in [-0.05, 0) is 38.7 Å². The Labute approximate surface area is 164 Å². The third-order valence-electron chi connectivity index (χ3n) is 5.09. The van der Waals surface area contributed by atoms with E-state index in [0.29, 0.717) is 6.54 Å². The lowest BCUT2D eigenvalue weighted by molar-refractivity contribution is 0.00578. The predicted octanol–water partition coefficient (Wildman–Crippen LogP) is 1.36. The van der Waals surface area contributed by atoms with Crippen molar-refractivity contribution in [3.63, 3.8) is 0 Å². The van der Waals surface area contributed by atoms with Crippen molar-refractivity contribution in [3.05, 3.63) is 47.4 Å². The van der Waals surface area contributed by atoms with Crippen LogP contribution in [0.25, 0.3) is 0 Å². The molecule has 3 N–H and O–H groups in total. The Morgan fingerprint density at radius 2 is 1.82 bits per heavy atom. The number of benzene rings is 1. The molecule has 8 nitrogen and oxygen atoms in total. The van der Waals surface area contributed by atoms with Crippen LogP contribution in [-0.4, -0.2) is 34.2 Å². The first-order chi connectivity index (χ1) is 13.1. The summed E-state index contributed by atoms with van der Waals surface area (Å²) < 4.78 is 12.1. The molecule has 0 radical (unpaired) electrons. The first kappa shape index (κ1) is 19.8. The second-order valence-corrected chi connectivity index (χ2v) is 7.61. The summed E-state index contributed by atoms with van der Waals surface area (Å²) >= 11 is 0. The summed E-state index contributed by atoms with van der Waals surface area (Å²) in [7, 11) is -0.419. The molecule has 9 heteroatoms. The van der Waals surface area contributed by atoms with E-state index >= 15 is 0 Å². The number of nitrogens with two attached hydrogens (primary N) is 1. The molecule has 0 unspecified atom stereocenters. The number of carbonyl (C=O) groups is 1. The maximum absolute atomic E-state index is 11.5. The number of nitrogens with zero attached hydrogens (tertiary/aromatic N) is 3. The van der Waals surface area contributed by atoms with Gasteiger partial charge in [-0.25, -0.2) is 9.97 Å².